The maximum absolute atomic E-state index is 12.9. The smallest absolute Gasteiger partial charge is 0.320 e. The fraction of sp³-hybridized carbons (Fsp3) is 0.727. The summed E-state index contributed by atoms with van der Waals surface area (Å²) in [6.45, 7) is 6.13. The standard InChI is InChI=1S/C22H30O4/c1-22(2,3)12-17(20(23)25-18-10-13-4-6-15(18)8-13)21(24)26-19-11-14-5-7-16(19)9-14/h4-7,13-19H,8-12H2,1-3H3. The molecular weight excluding hydrogens is 328 g/mol. The second-order valence-electron chi connectivity index (χ2n) is 9.83. The van der Waals surface area contributed by atoms with E-state index in [0.29, 0.717) is 30.1 Å². The van der Waals surface area contributed by atoms with Crippen LogP contribution in [0.15, 0.2) is 24.3 Å². The van der Waals surface area contributed by atoms with Gasteiger partial charge in [0.15, 0.2) is 5.92 Å². The van der Waals surface area contributed by atoms with Crippen molar-refractivity contribution in [1.29, 1.82) is 0 Å². The lowest BCUT2D eigenvalue weighted by atomic mass is 9.84. The third-order valence-electron chi connectivity index (χ3n) is 6.36. The number of carbonyl (C=O) groups excluding carboxylic acids is 2. The summed E-state index contributed by atoms with van der Waals surface area (Å²) < 4.78 is 11.6. The Labute approximate surface area is 156 Å². The van der Waals surface area contributed by atoms with Crippen molar-refractivity contribution in [2.75, 3.05) is 0 Å². The van der Waals surface area contributed by atoms with Crippen molar-refractivity contribution in [3.8, 4) is 0 Å². The van der Waals surface area contributed by atoms with Crippen LogP contribution >= 0.6 is 0 Å². The predicted molar refractivity (Wildman–Crippen MR) is 98.0 cm³/mol. The molecule has 142 valence electrons. The van der Waals surface area contributed by atoms with Gasteiger partial charge in [0, 0.05) is 11.8 Å². The average molecular weight is 358 g/mol. The number of allylic oxidation sites excluding steroid dienone is 2. The first-order valence-electron chi connectivity index (χ1n) is 10.1. The van der Waals surface area contributed by atoms with Crippen molar-refractivity contribution in [2.45, 2.75) is 65.1 Å². The van der Waals surface area contributed by atoms with Crippen LogP contribution in [0.25, 0.3) is 0 Å². The van der Waals surface area contributed by atoms with Crippen LogP contribution in [-0.2, 0) is 19.1 Å². The number of hydrogen-bond acceptors (Lipinski definition) is 4. The third-order valence-corrected chi connectivity index (χ3v) is 6.36. The van der Waals surface area contributed by atoms with E-state index in [1.807, 2.05) is 20.8 Å². The number of fused-ring (bicyclic) bond motifs is 4. The maximum Gasteiger partial charge on any atom is 0.320 e. The van der Waals surface area contributed by atoms with E-state index >= 15 is 0 Å². The Bertz CT molecular complexity index is 593. The zero-order valence-electron chi connectivity index (χ0n) is 16.0. The molecule has 0 amide bonds. The Morgan fingerprint density at radius 2 is 1.31 bits per heavy atom. The van der Waals surface area contributed by atoms with E-state index in [4.69, 9.17) is 9.47 Å². The van der Waals surface area contributed by atoms with Crippen LogP contribution in [0.2, 0.25) is 0 Å². The van der Waals surface area contributed by atoms with Crippen molar-refractivity contribution in [1.82, 2.24) is 0 Å². The molecule has 0 N–H and O–H groups in total. The van der Waals surface area contributed by atoms with Gasteiger partial charge in [0.05, 0.1) is 0 Å². The predicted octanol–water partition coefficient (Wildman–Crippen LogP) is 4.05. The number of rotatable bonds is 5. The molecule has 6 atom stereocenters. The molecule has 0 heterocycles. The Hall–Kier alpha value is -1.58. The molecule has 4 rings (SSSR count). The van der Waals surface area contributed by atoms with Gasteiger partial charge in [-0.15, -0.1) is 0 Å². The van der Waals surface area contributed by atoms with E-state index < -0.39 is 17.9 Å². The number of carbonyl (C=O) groups is 2. The minimum atomic E-state index is -0.818. The quantitative estimate of drug-likeness (QED) is 0.423. The van der Waals surface area contributed by atoms with Crippen LogP contribution in [0.5, 0.6) is 0 Å². The van der Waals surface area contributed by atoms with Gasteiger partial charge in [0.2, 0.25) is 0 Å². The van der Waals surface area contributed by atoms with Crippen LogP contribution in [0.1, 0.15) is 52.9 Å². The van der Waals surface area contributed by atoms with Crippen molar-refractivity contribution in [2.24, 2.45) is 35.0 Å². The second kappa shape index (κ2) is 6.54. The summed E-state index contributed by atoms with van der Waals surface area (Å²) in [7, 11) is 0. The van der Waals surface area contributed by atoms with E-state index in [9.17, 15) is 9.59 Å². The van der Waals surface area contributed by atoms with Crippen molar-refractivity contribution < 1.29 is 19.1 Å². The van der Waals surface area contributed by atoms with Crippen LogP contribution in [0, 0.1) is 35.0 Å². The van der Waals surface area contributed by atoms with Gasteiger partial charge < -0.3 is 9.47 Å². The lowest BCUT2D eigenvalue weighted by molar-refractivity contribution is -0.171. The second-order valence-corrected chi connectivity index (χ2v) is 9.83. The molecule has 4 aliphatic rings. The SMILES string of the molecule is CC(C)(C)CC(C(=O)OC1CC2C=CC1C2)C(=O)OC1CC2C=CC1C2. The molecule has 0 aromatic carbocycles. The first kappa shape index (κ1) is 17.8. The molecule has 0 aliphatic heterocycles. The summed E-state index contributed by atoms with van der Waals surface area (Å²) in [5.74, 6) is 0.112. The van der Waals surface area contributed by atoms with Crippen molar-refractivity contribution in [3.63, 3.8) is 0 Å². The Morgan fingerprint density at radius 1 is 0.846 bits per heavy atom. The summed E-state index contributed by atoms with van der Waals surface area (Å²) in [5, 5.41) is 0. The lowest BCUT2D eigenvalue weighted by Gasteiger charge is -2.28. The molecule has 0 radical (unpaired) electrons. The highest BCUT2D eigenvalue weighted by Gasteiger charge is 2.44. The van der Waals surface area contributed by atoms with Gasteiger partial charge in [-0.2, -0.15) is 0 Å². The Kier molecular flexibility index (Phi) is 4.48. The molecule has 0 aromatic rings. The van der Waals surface area contributed by atoms with Gasteiger partial charge in [-0.1, -0.05) is 45.1 Å². The van der Waals surface area contributed by atoms with Crippen LogP contribution < -0.4 is 0 Å². The molecule has 4 heteroatoms. The minimum absolute atomic E-state index is 0.0711. The van der Waals surface area contributed by atoms with Gasteiger partial charge >= 0.3 is 11.9 Å². The molecule has 0 spiro atoms. The van der Waals surface area contributed by atoms with E-state index in [1.54, 1.807) is 0 Å². The molecule has 6 unspecified atom stereocenters. The zero-order chi connectivity index (χ0) is 18.5. The molecule has 0 saturated heterocycles. The molecular formula is C22H30O4. The summed E-state index contributed by atoms with van der Waals surface area (Å²) >= 11 is 0. The zero-order valence-corrected chi connectivity index (χ0v) is 16.0. The van der Waals surface area contributed by atoms with Crippen LogP contribution in [-0.4, -0.2) is 24.1 Å². The summed E-state index contributed by atoms with van der Waals surface area (Å²) in [4.78, 5) is 25.7. The largest absolute Gasteiger partial charge is 0.461 e. The van der Waals surface area contributed by atoms with Gasteiger partial charge in [-0.3, -0.25) is 9.59 Å². The average Bonchev–Trinajstić information content (AvgIpc) is 3.32. The van der Waals surface area contributed by atoms with E-state index in [-0.39, 0.29) is 17.6 Å². The van der Waals surface area contributed by atoms with Crippen molar-refractivity contribution >= 4 is 11.9 Å². The fourth-order valence-corrected chi connectivity index (χ4v) is 5.07. The van der Waals surface area contributed by atoms with E-state index in [1.165, 1.54) is 0 Å². The van der Waals surface area contributed by atoms with Crippen molar-refractivity contribution in [3.05, 3.63) is 24.3 Å². The molecule has 4 aliphatic carbocycles. The van der Waals surface area contributed by atoms with Crippen LogP contribution in [0.3, 0.4) is 0 Å². The lowest BCUT2D eigenvalue weighted by Crippen LogP contribution is -2.37. The van der Waals surface area contributed by atoms with Gasteiger partial charge in [0.25, 0.3) is 0 Å². The number of hydrogen-bond donors (Lipinski definition) is 0. The highest BCUT2D eigenvalue weighted by molar-refractivity contribution is 5.95. The highest BCUT2D eigenvalue weighted by atomic mass is 16.6. The summed E-state index contributed by atoms with van der Waals surface area (Å²) in [6.07, 6.45) is 13.0. The first-order chi connectivity index (χ1) is 12.3. The molecule has 2 saturated carbocycles. The summed E-state index contributed by atoms with van der Waals surface area (Å²) in [6, 6.07) is 0. The monoisotopic (exact) mass is 358 g/mol. The number of ether oxygens (including phenoxy) is 2. The fourth-order valence-electron chi connectivity index (χ4n) is 5.07. The molecule has 4 bridgehead atoms. The van der Waals surface area contributed by atoms with Gasteiger partial charge in [0.1, 0.15) is 12.2 Å². The maximum atomic E-state index is 12.9. The molecule has 26 heavy (non-hydrogen) atoms. The Balaban J connectivity index is 1.41. The molecule has 4 nitrogen and oxygen atoms in total. The molecule has 0 aromatic heterocycles. The first-order valence-corrected chi connectivity index (χ1v) is 10.1. The summed E-state index contributed by atoms with van der Waals surface area (Å²) in [5.41, 5.74) is -0.147. The Morgan fingerprint density at radius 3 is 1.62 bits per heavy atom. The normalized spacial score (nSPS) is 38.0. The van der Waals surface area contributed by atoms with E-state index in [2.05, 4.69) is 24.3 Å². The topological polar surface area (TPSA) is 52.6 Å². The van der Waals surface area contributed by atoms with Gasteiger partial charge in [-0.25, -0.2) is 0 Å². The highest BCUT2D eigenvalue weighted by Crippen LogP contribution is 2.43. The van der Waals surface area contributed by atoms with E-state index in [0.717, 1.165) is 25.7 Å². The third kappa shape index (κ3) is 3.60. The molecule has 2 fully saturated rings. The minimum Gasteiger partial charge on any atom is -0.461 e. The number of esters is 2. The van der Waals surface area contributed by atoms with Crippen LogP contribution in [0.4, 0.5) is 0 Å². The van der Waals surface area contributed by atoms with Gasteiger partial charge in [-0.05, 0) is 49.4 Å².